The molecule has 0 radical (unpaired) electrons. The highest BCUT2D eigenvalue weighted by Crippen LogP contribution is 1.89. The lowest BCUT2D eigenvalue weighted by molar-refractivity contribution is -0.140. The predicted octanol–water partition coefficient (Wildman–Crippen LogP) is 0.256. The van der Waals surface area contributed by atoms with Crippen molar-refractivity contribution in [3.63, 3.8) is 0 Å². The van der Waals surface area contributed by atoms with Crippen LogP contribution in [0, 0.1) is 0 Å². The molecule has 0 heterocycles. The van der Waals surface area contributed by atoms with E-state index in [1.807, 2.05) is 19.0 Å². The summed E-state index contributed by atoms with van der Waals surface area (Å²) < 4.78 is 4.62. The number of nitrogens with zero attached hydrogens (tertiary/aromatic N) is 1. The summed E-state index contributed by atoms with van der Waals surface area (Å²) in [6.07, 6.45) is 0.437. The zero-order valence-electron chi connectivity index (χ0n) is 7.90. The quantitative estimate of drug-likeness (QED) is 0.449. The molecule has 0 spiro atoms. The molecule has 0 aromatic heterocycles. The summed E-state index contributed by atoms with van der Waals surface area (Å²) in [5, 5.41) is 9.21. The van der Waals surface area contributed by atoms with E-state index in [1.165, 1.54) is 0 Å². The Bertz CT molecular complexity index is 161. The van der Waals surface area contributed by atoms with Gasteiger partial charge in [-0.25, -0.2) is 4.79 Å². The van der Waals surface area contributed by atoms with Crippen molar-refractivity contribution in [3.8, 4) is 0 Å². The third-order valence-electron chi connectivity index (χ3n) is 1.16. The van der Waals surface area contributed by atoms with E-state index in [1.54, 1.807) is 0 Å². The van der Waals surface area contributed by atoms with Gasteiger partial charge in [0, 0.05) is 12.6 Å². The first-order valence-corrected chi connectivity index (χ1v) is 3.68. The average Bonchev–Trinajstić information content (AvgIpc) is 1.99. The molecule has 0 aromatic carbocycles. The van der Waals surface area contributed by atoms with Gasteiger partial charge in [0.15, 0.2) is 0 Å². The number of halogens is 1. The van der Waals surface area contributed by atoms with Crippen molar-refractivity contribution in [1.29, 1.82) is 0 Å². The SMILES string of the molecule is C=CC(=O)OCC(O)CN(C)C.I. The highest BCUT2D eigenvalue weighted by Gasteiger charge is 2.07. The van der Waals surface area contributed by atoms with Crippen LogP contribution in [0.5, 0.6) is 0 Å². The van der Waals surface area contributed by atoms with Crippen molar-refractivity contribution in [2.24, 2.45) is 0 Å². The Morgan fingerprint density at radius 1 is 1.69 bits per heavy atom. The number of carbonyl (C=O) groups is 1. The number of ether oxygens (including phenoxy) is 1. The maximum absolute atomic E-state index is 10.5. The molecule has 1 N–H and O–H groups in total. The topological polar surface area (TPSA) is 49.8 Å². The minimum absolute atomic E-state index is 0. The molecule has 5 heteroatoms. The van der Waals surface area contributed by atoms with Gasteiger partial charge in [0.05, 0.1) is 0 Å². The van der Waals surface area contributed by atoms with Crippen LogP contribution in [-0.2, 0) is 9.53 Å². The summed E-state index contributed by atoms with van der Waals surface area (Å²) in [5.74, 6) is -0.507. The van der Waals surface area contributed by atoms with Crippen LogP contribution < -0.4 is 0 Å². The molecule has 0 aliphatic heterocycles. The largest absolute Gasteiger partial charge is 0.460 e. The maximum atomic E-state index is 10.5. The second kappa shape index (κ2) is 8.46. The molecule has 0 amide bonds. The van der Waals surface area contributed by atoms with Gasteiger partial charge < -0.3 is 14.7 Å². The van der Waals surface area contributed by atoms with Crippen LogP contribution in [-0.4, -0.2) is 49.3 Å². The second-order valence-corrected chi connectivity index (χ2v) is 2.75. The van der Waals surface area contributed by atoms with E-state index < -0.39 is 12.1 Å². The van der Waals surface area contributed by atoms with E-state index in [-0.39, 0.29) is 30.6 Å². The third-order valence-corrected chi connectivity index (χ3v) is 1.16. The summed E-state index contributed by atoms with van der Waals surface area (Å²) in [6, 6.07) is 0. The van der Waals surface area contributed by atoms with Crippen molar-refractivity contribution in [1.82, 2.24) is 4.90 Å². The van der Waals surface area contributed by atoms with Crippen molar-refractivity contribution in [2.75, 3.05) is 27.2 Å². The van der Waals surface area contributed by atoms with Gasteiger partial charge in [0.2, 0.25) is 0 Å². The van der Waals surface area contributed by atoms with Crippen LogP contribution in [0.15, 0.2) is 12.7 Å². The Hall–Kier alpha value is -0.140. The second-order valence-electron chi connectivity index (χ2n) is 2.75. The van der Waals surface area contributed by atoms with Crippen molar-refractivity contribution >= 4 is 29.9 Å². The number of rotatable bonds is 5. The van der Waals surface area contributed by atoms with Gasteiger partial charge in [0.25, 0.3) is 0 Å². The molecule has 1 unspecified atom stereocenters. The van der Waals surface area contributed by atoms with Gasteiger partial charge in [-0.2, -0.15) is 0 Å². The standard InChI is InChI=1S/C8H15NO3.HI/c1-4-8(11)12-6-7(10)5-9(2)3;/h4,7,10H,1,5-6H2,2-3H3;1H. The monoisotopic (exact) mass is 301 g/mol. The van der Waals surface area contributed by atoms with E-state index in [0.717, 1.165) is 6.08 Å². The molecule has 0 bridgehead atoms. The Balaban J connectivity index is 0. The Morgan fingerprint density at radius 2 is 2.23 bits per heavy atom. The van der Waals surface area contributed by atoms with Crippen molar-refractivity contribution < 1.29 is 14.6 Å². The fraction of sp³-hybridized carbons (Fsp3) is 0.625. The third kappa shape index (κ3) is 9.78. The van der Waals surface area contributed by atoms with Crippen molar-refractivity contribution in [3.05, 3.63) is 12.7 Å². The molecule has 0 rings (SSSR count). The normalized spacial score (nSPS) is 11.7. The predicted molar refractivity (Wildman–Crippen MR) is 61.1 cm³/mol. The lowest BCUT2D eigenvalue weighted by atomic mass is 10.3. The lowest BCUT2D eigenvalue weighted by Crippen LogP contribution is -2.30. The van der Waals surface area contributed by atoms with Crippen LogP contribution in [0.25, 0.3) is 0 Å². The average molecular weight is 301 g/mol. The Labute approximate surface area is 95.6 Å². The van der Waals surface area contributed by atoms with E-state index in [0.29, 0.717) is 6.54 Å². The van der Waals surface area contributed by atoms with Gasteiger partial charge in [-0.3, -0.25) is 0 Å². The first-order chi connectivity index (χ1) is 5.56. The first kappa shape index (κ1) is 15.3. The van der Waals surface area contributed by atoms with Gasteiger partial charge in [-0.15, -0.1) is 24.0 Å². The van der Waals surface area contributed by atoms with Crippen LogP contribution >= 0.6 is 24.0 Å². The van der Waals surface area contributed by atoms with E-state index in [9.17, 15) is 9.90 Å². The first-order valence-electron chi connectivity index (χ1n) is 3.68. The molecule has 0 saturated carbocycles. The van der Waals surface area contributed by atoms with Gasteiger partial charge in [-0.05, 0) is 14.1 Å². The highest BCUT2D eigenvalue weighted by atomic mass is 127. The summed E-state index contributed by atoms with van der Waals surface area (Å²) in [5.41, 5.74) is 0. The molecule has 1 atom stereocenters. The molecule has 0 aliphatic rings. The molecule has 78 valence electrons. The Kier molecular flexibility index (Phi) is 9.98. The number of hydrogen-bond acceptors (Lipinski definition) is 4. The Morgan fingerprint density at radius 3 is 2.62 bits per heavy atom. The number of hydrogen-bond donors (Lipinski definition) is 1. The van der Waals surface area contributed by atoms with Gasteiger partial charge in [-0.1, -0.05) is 6.58 Å². The van der Waals surface area contributed by atoms with Crippen molar-refractivity contribution in [2.45, 2.75) is 6.10 Å². The smallest absolute Gasteiger partial charge is 0.330 e. The van der Waals surface area contributed by atoms with E-state index in [2.05, 4.69) is 11.3 Å². The summed E-state index contributed by atoms with van der Waals surface area (Å²) in [7, 11) is 3.66. The number of aliphatic hydroxyl groups excluding tert-OH is 1. The lowest BCUT2D eigenvalue weighted by Gasteiger charge is -2.15. The molecular formula is C8H16INO3. The molecule has 4 nitrogen and oxygen atoms in total. The molecule has 13 heavy (non-hydrogen) atoms. The number of carbonyl (C=O) groups excluding carboxylic acids is 1. The minimum Gasteiger partial charge on any atom is -0.460 e. The minimum atomic E-state index is -0.635. The fourth-order valence-electron chi connectivity index (χ4n) is 0.711. The number of esters is 1. The van der Waals surface area contributed by atoms with Crippen LogP contribution in [0.2, 0.25) is 0 Å². The van der Waals surface area contributed by atoms with Crippen LogP contribution in [0.1, 0.15) is 0 Å². The highest BCUT2D eigenvalue weighted by molar-refractivity contribution is 14.0. The van der Waals surface area contributed by atoms with Gasteiger partial charge in [0.1, 0.15) is 12.7 Å². The number of likely N-dealkylation sites (N-methyl/N-ethyl adjacent to an activating group) is 1. The van der Waals surface area contributed by atoms with Crippen LogP contribution in [0.3, 0.4) is 0 Å². The molecule has 0 aromatic rings. The molecular weight excluding hydrogens is 285 g/mol. The summed E-state index contributed by atoms with van der Waals surface area (Å²) in [4.78, 5) is 12.3. The van der Waals surface area contributed by atoms with Gasteiger partial charge >= 0.3 is 5.97 Å². The zero-order valence-corrected chi connectivity index (χ0v) is 10.2. The molecule has 0 fully saturated rings. The zero-order chi connectivity index (χ0) is 9.56. The maximum Gasteiger partial charge on any atom is 0.330 e. The fourth-order valence-corrected chi connectivity index (χ4v) is 0.711. The van der Waals surface area contributed by atoms with E-state index >= 15 is 0 Å². The van der Waals surface area contributed by atoms with E-state index in [4.69, 9.17) is 0 Å². The summed E-state index contributed by atoms with van der Waals surface area (Å²) in [6.45, 7) is 3.73. The summed E-state index contributed by atoms with van der Waals surface area (Å²) >= 11 is 0. The molecule has 0 aliphatic carbocycles. The molecule has 0 saturated heterocycles. The number of aliphatic hydroxyl groups is 1. The van der Waals surface area contributed by atoms with Crippen LogP contribution in [0.4, 0.5) is 0 Å².